The molecule has 0 aromatic heterocycles. The van der Waals surface area contributed by atoms with Crippen LogP contribution in [0.3, 0.4) is 0 Å². The Morgan fingerprint density at radius 2 is 2.11 bits per heavy atom. The number of halogens is 3. The second-order valence-corrected chi connectivity index (χ2v) is 7.24. The molecule has 0 unspecified atom stereocenters. The maximum atomic E-state index is 15.0. The fourth-order valence-corrected chi connectivity index (χ4v) is 3.14. The first kappa shape index (κ1) is 19.8. The Kier molecular flexibility index (Phi) is 6.12. The normalized spacial score (nSPS) is 13.7. The number of carbonyl (C=O) groups is 1. The van der Waals surface area contributed by atoms with Crippen LogP contribution in [0.1, 0.15) is 15.9 Å². The van der Waals surface area contributed by atoms with Crippen molar-refractivity contribution in [1.29, 1.82) is 0 Å². The molecule has 3 rings (SSSR count). The molecule has 9 heteroatoms. The lowest BCUT2D eigenvalue weighted by Crippen LogP contribution is -2.34. The number of nitrogens with one attached hydrogen (secondary N) is 2. The van der Waals surface area contributed by atoms with Gasteiger partial charge in [-0.25, -0.2) is 8.78 Å². The molecule has 144 valence electrons. The van der Waals surface area contributed by atoms with Gasteiger partial charge in [0.1, 0.15) is 5.82 Å². The van der Waals surface area contributed by atoms with Crippen LogP contribution in [0.15, 0.2) is 24.3 Å². The van der Waals surface area contributed by atoms with Crippen molar-refractivity contribution in [3.8, 4) is 5.75 Å². The van der Waals surface area contributed by atoms with Gasteiger partial charge in [-0.2, -0.15) is 0 Å². The van der Waals surface area contributed by atoms with Gasteiger partial charge < -0.3 is 25.6 Å². The molecule has 27 heavy (non-hydrogen) atoms. The van der Waals surface area contributed by atoms with Crippen LogP contribution in [0, 0.1) is 15.2 Å². The maximum absolute atomic E-state index is 15.0. The summed E-state index contributed by atoms with van der Waals surface area (Å²) in [6, 6.07) is 5.86. The van der Waals surface area contributed by atoms with E-state index in [1.807, 2.05) is 22.6 Å². The Hall–Kier alpha value is -1.98. The monoisotopic (exact) mass is 490 g/mol. The first-order valence-electron chi connectivity index (χ1n) is 8.18. The zero-order valence-electron chi connectivity index (χ0n) is 14.1. The van der Waals surface area contributed by atoms with Gasteiger partial charge in [-0.1, -0.05) is 0 Å². The second kappa shape index (κ2) is 8.36. The Bertz CT molecular complexity index is 879. The highest BCUT2D eigenvalue weighted by molar-refractivity contribution is 14.1. The number of carbonyl (C=O) groups excluding carboxylic acids is 1. The van der Waals surface area contributed by atoms with Gasteiger partial charge in [0.25, 0.3) is 5.91 Å². The molecule has 0 spiro atoms. The number of aliphatic hydroxyl groups is 2. The first-order chi connectivity index (χ1) is 12.9. The lowest BCUT2D eigenvalue weighted by atomic mass is 10.0. The summed E-state index contributed by atoms with van der Waals surface area (Å²) in [6.07, 6.45) is -0.689. The topological polar surface area (TPSA) is 90.8 Å². The lowest BCUT2D eigenvalue weighted by Gasteiger charge is -2.17. The standard InChI is InChI=1S/C18H17F2IN2O4/c19-13-6-10(21)1-2-14(13)23-16-12(18(26)22-7-11(25)8-24)5-9-3-4-27-17(9)15(16)20/h1-2,5-6,11,23-25H,3-4,7-8H2,(H,22,26)/t11-/m1/s1. The van der Waals surface area contributed by atoms with Gasteiger partial charge in [-0.05, 0) is 46.9 Å². The molecular weight excluding hydrogens is 473 g/mol. The minimum Gasteiger partial charge on any atom is -0.490 e. The fraction of sp³-hybridized carbons (Fsp3) is 0.278. The number of hydrogen-bond donors (Lipinski definition) is 4. The van der Waals surface area contributed by atoms with E-state index in [9.17, 15) is 18.7 Å². The molecule has 6 nitrogen and oxygen atoms in total. The van der Waals surface area contributed by atoms with E-state index in [0.29, 0.717) is 15.6 Å². The highest BCUT2D eigenvalue weighted by atomic mass is 127. The van der Waals surface area contributed by atoms with Gasteiger partial charge in [0.05, 0.1) is 36.3 Å². The van der Waals surface area contributed by atoms with Crippen molar-refractivity contribution in [1.82, 2.24) is 5.32 Å². The van der Waals surface area contributed by atoms with Gasteiger partial charge in [0, 0.05) is 22.1 Å². The van der Waals surface area contributed by atoms with E-state index in [2.05, 4.69) is 10.6 Å². The minimum atomic E-state index is -1.14. The Morgan fingerprint density at radius 3 is 2.81 bits per heavy atom. The number of aliphatic hydroxyl groups excluding tert-OH is 2. The van der Waals surface area contributed by atoms with Crippen LogP contribution >= 0.6 is 22.6 Å². The summed E-state index contributed by atoms with van der Waals surface area (Å²) in [7, 11) is 0. The van der Waals surface area contributed by atoms with E-state index < -0.39 is 30.3 Å². The number of benzene rings is 2. The third-order valence-corrected chi connectivity index (χ3v) is 4.73. The molecule has 0 fully saturated rings. The number of amides is 1. The van der Waals surface area contributed by atoms with E-state index >= 15 is 0 Å². The number of rotatable bonds is 6. The molecule has 0 bridgehead atoms. The van der Waals surface area contributed by atoms with Crippen molar-refractivity contribution in [3.05, 3.63) is 50.6 Å². The minimum absolute atomic E-state index is 0.0108. The number of anilines is 2. The van der Waals surface area contributed by atoms with Gasteiger partial charge in [0.15, 0.2) is 11.6 Å². The van der Waals surface area contributed by atoms with Crippen molar-refractivity contribution >= 4 is 39.9 Å². The summed E-state index contributed by atoms with van der Waals surface area (Å²) in [6.45, 7) is -0.439. The molecular formula is C18H17F2IN2O4. The van der Waals surface area contributed by atoms with E-state index in [4.69, 9.17) is 9.84 Å². The Labute approximate surface area is 167 Å². The third kappa shape index (κ3) is 4.30. The van der Waals surface area contributed by atoms with E-state index in [-0.39, 0.29) is 35.8 Å². The largest absolute Gasteiger partial charge is 0.490 e. The first-order valence-corrected chi connectivity index (χ1v) is 9.26. The highest BCUT2D eigenvalue weighted by Gasteiger charge is 2.27. The quantitative estimate of drug-likeness (QED) is 0.467. The summed E-state index contributed by atoms with van der Waals surface area (Å²) in [5.74, 6) is -2.00. The van der Waals surface area contributed by atoms with Crippen LogP contribution in [0.25, 0.3) is 0 Å². The molecule has 2 aromatic carbocycles. The smallest absolute Gasteiger partial charge is 0.253 e. The van der Waals surface area contributed by atoms with Gasteiger partial charge >= 0.3 is 0 Å². The highest BCUT2D eigenvalue weighted by Crippen LogP contribution is 2.38. The van der Waals surface area contributed by atoms with E-state index in [1.54, 1.807) is 6.07 Å². The molecule has 1 aliphatic heterocycles. The predicted octanol–water partition coefficient (Wildman–Crippen LogP) is 2.33. The van der Waals surface area contributed by atoms with E-state index in [1.165, 1.54) is 18.2 Å². The van der Waals surface area contributed by atoms with Crippen LogP contribution < -0.4 is 15.4 Å². The Morgan fingerprint density at radius 1 is 1.33 bits per heavy atom. The van der Waals surface area contributed by atoms with Gasteiger partial charge in [0.2, 0.25) is 0 Å². The molecule has 1 atom stereocenters. The second-order valence-electron chi connectivity index (χ2n) is 6.00. The third-order valence-electron chi connectivity index (χ3n) is 4.06. The van der Waals surface area contributed by atoms with Crippen molar-refractivity contribution in [3.63, 3.8) is 0 Å². The zero-order chi connectivity index (χ0) is 19.6. The fourth-order valence-electron chi connectivity index (χ4n) is 2.69. The molecule has 1 amide bonds. The molecule has 4 N–H and O–H groups in total. The molecule has 0 saturated carbocycles. The van der Waals surface area contributed by atoms with Crippen LogP contribution in [0.4, 0.5) is 20.2 Å². The lowest BCUT2D eigenvalue weighted by molar-refractivity contribution is 0.0802. The number of fused-ring (bicyclic) bond motifs is 1. The summed E-state index contributed by atoms with van der Waals surface area (Å²) in [5.41, 5.74) is 0.289. The predicted molar refractivity (Wildman–Crippen MR) is 103 cm³/mol. The van der Waals surface area contributed by atoms with E-state index in [0.717, 1.165) is 0 Å². The van der Waals surface area contributed by atoms with Gasteiger partial charge in [-0.3, -0.25) is 4.79 Å². The zero-order valence-corrected chi connectivity index (χ0v) is 16.2. The molecule has 0 saturated heterocycles. The van der Waals surface area contributed by atoms with Crippen LogP contribution in [0.5, 0.6) is 5.75 Å². The van der Waals surface area contributed by atoms with Crippen LogP contribution in [0.2, 0.25) is 0 Å². The van der Waals surface area contributed by atoms with Crippen molar-refractivity contribution in [2.75, 3.05) is 25.1 Å². The maximum Gasteiger partial charge on any atom is 0.253 e. The summed E-state index contributed by atoms with van der Waals surface area (Å²) in [5, 5.41) is 23.3. The molecule has 0 radical (unpaired) electrons. The van der Waals surface area contributed by atoms with Crippen molar-refractivity contribution < 1.29 is 28.5 Å². The van der Waals surface area contributed by atoms with Crippen molar-refractivity contribution in [2.45, 2.75) is 12.5 Å². The molecule has 0 aliphatic carbocycles. The molecule has 1 heterocycles. The average Bonchev–Trinajstić information content (AvgIpc) is 3.12. The van der Waals surface area contributed by atoms with Crippen LogP contribution in [-0.2, 0) is 6.42 Å². The number of hydrogen-bond acceptors (Lipinski definition) is 5. The Balaban J connectivity index is 1.99. The summed E-state index contributed by atoms with van der Waals surface area (Å²) >= 11 is 1.95. The van der Waals surface area contributed by atoms with Crippen LogP contribution in [-0.4, -0.2) is 42.0 Å². The summed E-state index contributed by atoms with van der Waals surface area (Å²) in [4.78, 5) is 12.5. The average molecular weight is 490 g/mol. The van der Waals surface area contributed by atoms with Gasteiger partial charge in [-0.15, -0.1) is 0 Å². The van der Waals surface area contributed by atoms with Crippen molar-refractivity contribution in [2.24, 2.45) is 0 Å². The number of ether oxygens (including phenoxy) is 1. The molecule has 1 aliphatic rings. The molecule has 2 aromatic rings. The summed E-state index contributed by atoms with van der Waals surface area (Å²) < 4.78 is 35.1. The SMILES string of the molecule is O=C(NC[C@@H](O)CO)c1cc2c(c(F)c1Nc1ccc(I)cc1F)OCC2.